The summed E-state index contributed by atoms with van der Waals surface area (Å²) in [5.74, 6) is 0.607. The molecule has 1 aliphatic rings. The Morgan fingerprint density at radius 3 is 2.68 bits per heavy atom. The van der Waals surface area contributed by atoms with E-state index >= 15 is 0 Å². The molecule has 1 atom stereocenters. The predicted octanol–water partition coefficient (Wildman–Crippen LogP) is 4.71. The van der Waals surface area contributed by atoms with Gasteiger partial charge in [-0.05, 0) is 42.9 Å². The average Bonchev–Trinajstić information content (AvgIpc) is 2.41. The van der Waals surface area contributed by atoms with Gasteiger partial charge in [0.25, 0.3) is 0 Å². The lowest BCUT2D eigenvalue weighted by Gasteiger charge is -2.23. The number of rotatable bonds is 5. The van der Waals surface area contributed by atoms with Gasteiger partial charge < -0.3 is 5.73 Å². The number of benzene rings is 1. The van der Waals surface area contributed by atoms with Crippen molar-refractivity contribution in [3.8, 4) is 0 Å². The van der Waals surface area contributed by atoms with Crippen molar-refractivity contribution >= 4 is 11.6 Å². The van der Waals surface area contributed by atoms with Gasteiger partial charge in [0, 0.05) is 11.1 Å². The summed E-state index contributed by atoms with van der Waals surface area (Å²) in [7, 11) is 0. The van der Waals surface area contributed by atoms with E-state index in [0.717, 1.165) is 12.3 Å². The van der Waals surface area contributed by atoms with Crippen molar-refractivity contribution in [2.75, 3.05) is 0 Å². The van der Waals surface area contributed by atoms with Gasteiger partial charge in [-0.1, -0.05) is 49.8 Å². The van der Waals surface area contributed by atoms with Crippen molar-refractivity contribution in [2.24, 2.45) is 11.7 Å². The Kier molecular flexibility index (Phi) is 5.65. The molecule has 3 heteroatoms. The highest BCUT2D eigenvalue weighted by molar-refractivity contribution is 6.30. The average molecular weight is 284 g/mol. The van der Waals surface area contributed by atoms with E-state index in [1.807, 2.05) is 0 Å². The molecule has 2 rings (SSSR count). The molecule has 2 N–H and O–H groups in total. The van der Waals surface area contributed by atoms with Crippen LogP contribution >= 0.6 is 11.6 Å². The smallest absolute Gasteiger partial charge is 0.127 e. The van der Waals surface area contributed by atoms with Gasteiger partial charge in [0.05, 0.1) is 0 Å². The highest BCUT2D eigenvalue weighted by Gasteiger charge is 2.15. The van der Waals surface area contributed by atoms with Crippen LogP contribution in [-0.2, 0) is 6.42 Å². The van der Waals surface area contributed by atoms with E-state index in [0.29, 0.717) is 17.0 Å². The summed E-state index contributed by atoms with van der Waals surface area (Å²) in [6.07, 6.45) is 9.61. The molecule has 1 nitrogen and oxygen atoms in total. The fraction of sp³-hybridized carbons (Fsp3) is 0.625. The third kappa shape index (κ3) is 4.77. The molecule has 0 heterocycles. The maximum atomic E-state index is 13.7. The van der Waals surface area contributed by atoms with Gasteiger partial charge in [0.1, 0.15) is 5.82 Å². The fourth-order valence-corrected chi connectivity index (χ4v) is 3.16. The topological polar surface area (TPSA) is 26.0 Å². The Morgan fingerprint density at radius 1 is 1.26 bits per heavy atom. The van der Waals surface area contributed by atoms with Crippen molar-refractivity contribution in [3.63, 3.8) is 0 Å². The Balaban J connectivity index is 1.78. The Labute approximate surface area is 120 Å². The predicted molar refractivity (Wildman–Crippen MR) is 78.9 cm³/mol. The summed E-state index contributed by atoms with van der Waals surface area (Å²) in [4.78, 5) is 0. The Bertz CT molecular complexity index is 402. The number of halogens is 2. The molecule has 1 aliphatic carbocycles. The molecule has 1 fully saturated rings. The lowest BCUT2D eigenvalue weighted by Crippen LogP contribution is -2.24. The number of hydrogen-bond donors (Lipinski definition) is 1. The highest BCUT2D eigenvalue weighted by atomic mass is 35.5. The third-order valence-electron chi connectivity index (χ3n) is 4.17. The Morgan fingerprint density at radius 2 is 2.00 bits per heavy atom. The van der Waals surface area contributed by atoms with E-state index < -0.39 is 0 Å². The minimum Gasteiger partial charge on any atom is -0.327 e. The number of nitrogens with two attached hydrogens (primary N) is 1. The summed E-state index contributed by atoms with van der Waals surface area (Å²) in [6.45, 7) is 0. The molecule has 19 heavy (non-hydrogen) atoms. The molecule has 1 aromatic carbocycles. The second-order valence-corrected chi connectivity index (χ2v) is 6.22. The maximum Gasteiger partial charge on any atom is 0.127 e. The van der Waals surface area contributed by atoms with Crippen LogP contribution in [0.3, 0.4) is 0 Å². The molecule has 0 bridgehead atoms. The van der Waals surface area contributed by atoms with Gasteiger partial charge in [-0.15, -0.1) is 0 Å². The van der Waals surface area contributed by atoms with Crippen LogP contribution in [-0.4, -0.2) is 6.04 Å². The van der Waals surface area contributed by atoms with Crippen LogP contribution < -0.4 is 5.73 Å². The molecule has 106 valence electrons. The van der Waals surface area contributed by atoms with E-state index in [1.165, 1.54) is 44.6 Å². The normalized spacial score (nSPS) is 18.5. The lowest BCUT2D eigenvalue weighted by atomic mass is 9.85. The standard InChI is InChI=1S/C16H23ClFN/c17-14-8-7-13(16(18)11-14)10-15(19)9-6-12-4-2-1-3-5-12/h7-8,11-12,15H,1-6,9-10,19H2. The summed E-state index contributed by atoms with van der Waals surface area (Å²) in [5.41, 5.74) is 6.81. The molecule has 0 spiro atoms. The van der Waals surface area contributed by atoms with Crippen LogP contribution in [0.1, 0.15) is 50.5 Å². The molecule has 0 saturated heterocycles. The first-order valence-electron chi connectivity index (χ1n) is 7.34. The van der Waals surface area contributed by atoms with Crippen molar-refractivity contribution in [3.05, 3.63) is 34.6 Å². The summed E-state index contributed by atoms with van der Waals surface area (Å²) in [6, 6.07) is 4.90. The molecular formula is C16H23ClFN. The summed E-state index contributed by atoms with van der Waals surface area (Å²) in [5, 5.41) is 0.442. The second kappa shape index (κ2) is 7.25. The summed E-state index contributed by atoms with van der Waals surface area (Å²) < 4.78 is 13.7. The SMILES string of the molecule is NC(CCC1CCCCC1)Cc1ccc(Cl)cc1F. The van der Waals surface area contributed by atoms with Gasteiger partial charge in [-0.2, -0.15) is 0 Å². The first kappa shape index (κ1) is 14.8. The van der Waals surface area contributed by atoms with Crippen molar-refractivity contribution in [2.45, 2.75) is 57.4 Å². The maximum absolute atomic E-state index is 13.7. The van der Waals surface area contributed by atoms with E-state index in [9.17, 15) is 4.39 Å². The largest absolute Gasteiger partial charge is 0.327 e. The van der Waals surface area contributed by atoms with Crippen LogP contribution in [0.15, 0.2) is 18.2 Å². The zero-order chi connectivity index (χ0) is 13.7. The number of hydrogen-bond acceptors (Lipinski definition) is 1. The molecule has 0 aliphatic heterocycles. The second-order valence-electron chi connectivity index (χ2n) is 5.78. The van der Waals surface area contributed by atoms with E-state index in [4.69, 9.17) is 17.3 Å². The monoisotopic (exact) mass is 283 g/mol. The van der Waals surface area contributed by atoms with Crippen LogP contribution in [0.25, 0.3) is 0 Å². The quantitative estimate of drug-likeness (QED) is 0.832. The van der Waals surface area contributed by atoms with E-state index in [1.54, 1.807) is 12.1 Å². The molecular weight excluding hydrogens is 261 g/mol. The zero-order valence-electron chi connectivity index (χ0n) is 11.4. The lowest BCUT2D eigenvalue weighted by molar-refractivity contribution is 0.322. The molecule has 1 saturated carbocycles. The van der Waals surface area contributed by atoms with Crippen molar-refractivity contribution in [1.29, 1.82) is 0 Å². The van der Waals surface area contributed by atoms with Gasteiger partial charge >= 0.3 is 0 Å². The van der Waals surface area contributed by atoms with Crippen LogP contribution in [0.5, 0.6) is 0 Å². The van der Waals surface area contributed by atoms with Crippen LogP contribution in [0.4, 0.5) is 4.39 Å². The molecule has 1 unspecified atom stereocenters. The minimum atomic E-state index is -0.236. The van der Waals surface area contributed by atoms with Gasteiger partial charge in [0.15, 0.2) is 0 Å². The van der Waals surface area contributed by atoms with E-state index in [2.05, 4.69) is 0 Å². The first-order chi connectivity index (χ1) is 9.15. The Hall–Kier alpha value is -0.600. The minimum absolute atomic E-state index is 0.0533. The van der Waals surface area contributed by atoms with E-state index in [-0.39, 0.29) is 11.9 Å². The molecule has 0 radical (unpaired) electrons. The van der Waals surface area contributed by atoms with Crippen LogP contribution in [0.2, 0.25) is 5.02 Å². The molecule has 1 aromatic rings. The fourth-order valence-electron chi connectivity index (χ4n) is 3.00. The molecule has 0 amide bonds. The van der Waals surface area contributed by atoms with Gasteiger partial charge in [0.2, 0.25) is 0 Å². The van der Waals surface area contributed by atoms with Crippen LogP contribution in [0, 0.1) is 11.7 Å². The van der Waals surface area contributed by atoms with Crippen molar-refractivity contribution in [1.82, 2.24) is 0 Å². The molecule has 0 aromatic heterocycles. The first-order valence-corrected chi connectivity index (χ1v) is 7.72. The highest BCUT2D eigenvalue weighted by Crippen LogP contribution is 2.28. The third-order valence-corrected chi connectivity index (χ3v) is 4.40. The van der Waals surface area contributed by atoms with Crippen molar-refractivity contribution < 1.29 is 4.39 Å². The van der Waals surface area contributed by atoms with Gasteiger partial charge in [-0.3, -0.25) is 0 Å². The summed E-state index contributed by atoms with van der Waals surface area (Å²) >= 11 is 5.74. The zero-order valence-corrected chi connectivity index (χ0v) is 12.1. The van der Waals surface area contributed by atoms with Gasteiger partial charge in [-0.25, -0.2) is 4.39 Å².